The van der Waals surface area contributed by atoms with E-state index in [1.54, 1.807) is 12.3 Å². The minimum Gasteiger partial charge on any atom is -0.316 e. The van der Waals surface area contributed by atoms with Gasteiger partial charge in [0.05, 0.1) is 11.7 Å². The molecule has 0 bridgehead atoms. The van der Waals surface area contributed by atoms with E-state index < -0.39 is 0 Å². The second-order valence-corrected chi connectivity index (χ2v) is 5.88. The zero-order valence-electron chi connectivity index (χ0n) is 11.2. The van der Waals surface area contributed by atoms with Crippen LogP contribution < -0.4 is 5.32 Å². The Morgan fingerprint density at radius 2 is 2.11 bits per heavy atom. The molecule has 4 heteroatoms. The second kappa shape index (κ2) is 5.06. The largest absolute Gasteiger partial charge is 0.316 e. The molecule has 0 saturated heterocycles. The first-order chi connectivity index (χ1) is 8.46. The lowest BCUT2D eigenvalue weighted by molar-refractivity contribution is 0.382. The van der Waals surface area contributed by atoms with Crippen molar-refractivity contribution in [1.29, 1.82) is 0 Å². The fourth-order valence-electron chi connectivity index (χ4n) is 1.98. The maximum atomic E-state index is 13.4. The van der Waals surface area contributed by atoms with Crippen molar-refractivity contribution < 1.29 is 4.39 Å². The van der Waals surface area contributed by atoms with E-state index in [4.69, 9.17) is 0 Å². The van der Waals surface area contributed by atoms with E-state index in [1.807, 2.05) is 0 Å². The van der Waals surface area contributed by atoms with Crippen molar-refractivity contribution in [3.05, 3.63) is 29.7 Å². The lowest BCUT2D eigenvalue weighted by atomic mass is 9.97. The number of halogens is 1. The molecule has 0 radical (unpaired) electrons. The molecule has 2 N–H and O–H groups in total. The molecule has 0 aliphatic heterocycles. The first-order valence-corrected chi connectivity index (χ1v) is 6.28. The van der Waals surface area contributed by atoms with Gasteiger partial charge in [0.1, 0.15) is 5.82 Å². The van der Waals surface area contributed by atoms with Crippen LogP contribution >= 0.6 is 0 Å². The first-order valence-electron chi connectivity index (χ1n) is 6.28. The van der Waals surface area contributed by atoms with Gasteiger partial charge in [-0.1, -0.05) is 20.8 Å². The molecule has 1 aromatic carbocycles. The van der Waals surface area contributed by atoms with Gasteiger partial charge in [0.15, 0.2) is 0 Å². The highest BCUT2D eigenvalue weighted by atomic mass is 19.1. The number of nitrogens with one attached hydrogen (secondary N) is 2. The number of fused-ring (bicyclic) bond motifs is 1. The molecule has 98 valence electrons. The molecule has 0 fully saturated rings. The van der Waals surface area contributed by atoms with Crippen molar-refractivity contribution in [2.24, 2.45) is 5.41 Å². The van der Waals surface area contributed by atoms with Crippen molar-refractivity contribution in [3.8, 4) is 0 Å². The lowest BCUT2D eigenvalue weighted by Crippen LogP contribution is -2.28. The lowest BCUT2D eigenvalue weighted by Gasteiger charge is -2.18. The van der Waals surface area contributed by atoms with Crippen LogP contribution in [-0.4, -0.2) is 23.3 Å². The number of aromatic amines is 1. The minimum absolute atomic E-state index is 0.211. The summed E-state index contributed by atoms with van der Waals surface area (Å²) in [5.41, 5.74) is 2.04. The summed E-state index contributed by atoms with van der Waals surface area (Å²) in [5, 5.41) is 11.2. The molecule has 0 unspecified atom stereocenters. The molecule has 2 rings (SSSR count). The molecule has 18 heavy (non-hydrogen) atoms. The molecule has 1 aromatic heterocycles. The van der Waals surface area contributed by atoms with Crippen LogP contribution in [0.3, 0.4) is 0 Å². The predicted molar refractivity (Wildman–Crippen MR) is 72.1 cm³/mol. The number of hydrogen-bond acceptors (Lipinski definition) is 2. The summed E-state index contributed by atoms with van der Waals surface area (Å²) in [6.45, 7) is 8.38. The molecule has 0 spiro atoms. The molecule has 0 atom stereocenters. The average molecular weight is 249 g/mol. The van der Waals surface area contributed by atoms with Crippen LogP contribution in [-0.2, 0) is 6.42 Å². The van der Waals surface area contributed by atoms with Crippen molar-refractivity contribution in [2.75, 3.05) is 13.1 Å². The summed E-state index contributed by atoms with van der Waals surface area (Å²) in [5.74, 6) is -0.211. The fourth-order valence-corrected chi connectivity index (χ4v) is 1.98. The zero-order chi connectivity index (χ0) is 13.2. The number of aromatic nitrogens is 2. The van der Waals surface area contributed by atoms with Gasteiger partial charge >= 0.3 is 0 Å². The predicted octanol–water partition coefficient (Wildman–Crippen LogP) is 2.88. The molecule has 3 nitrogen and oxygen atoms in total. The Kier molecular flexibility index (Phi) is 3.66. The smallest absolute Gasteiger partial charge is 0.125 e. The van der Waals surface area contributed by atoms with Crippen LogP contribution in [0.2, 0.25) is 0 Å². The van der Waals surface area contributed by atoms with Crippen molar-refractivity contribution in [2.45, 2.75) is 27.2 Å². The summed E-state index contributed by atoms with van der Waals surface area (Å²) in [6.07, 6.45) is 2.57. The van der Waals surface area contributed by atoms with Gasteiger partial charge < -0.3 is 5.32 Å². The van der Waals surface area contributed by atoms with Crippen LogP contribution in [0, 0.1) is 11.2 Å². The van der Waals surface area contributed by atoms with Gasteiger partial charge in [-0.05, 0) is 36.1 Å². The molecule has 0 amide bonds. The molecule has 1 heterocycles. The first kappa shape index (κ1) is 13.0. The molecular weight excluding hydrogens is 229 g/mol. The number of nitrogens with zero attached hydrogens (tertiary/aromatic N) is 1. The Balaban J connectivity index is 2.01. The Hall–Kier alpha value is -1.42. The quantitative estimate of drug-likeness (QED) is 0.818. The van der Waals surface area contributed by atoms with Gasteiger partial charge in [-0.3, -0.25) is 5.10 Å². The number of hydrogen-bond donors (Lipinski definition) is 2. The van der Waals surface area contributed by atoms with Crippen molar-refractivity contribution in [3.63, 3.8) is 0 Å². The third-order valence-electron chi connectivity index (χ3n) is 2.84. The van der Waals surface area contributed by atoms with Gasteiger partial charge in [0.2, 0.25) is 0 Å². The van der Waals surface area contributed by atoms with E-state index in [0.29, 0.717) is 0 Å². The fraction of sp³-hybridized carbons (Fsp3) is 0.500. The highest BCUT2D eigenvalue weighted by Gasteiger charge is 2.09. The number of benzene rings is 1. The van der Waals surface area contributed by atoms with E-state index in [2.05, 4.69) is 36.3 Å². The standard InChI is InChI=1S/C14H20FN3/c1-14(2,3)9-16-5-4-10-6-11(15)7-13-12(10)8-17-18-13/h6-8,16H,4-5,9H2,1-3H3,(H,17,18). The van der Waals surface area contributed by atoms with Crippen molar-refractivity contribution in [1.82, 2.24) is 15.5 Å². The van der Waals surface area contributed by atoms with E-state index in [1.165, 1.54) is 6.07 Å². The molecular formula is C14H20FN3. The van der Waals surface area contributed by atoms with Crippen molar-refractivity contribution >= 4 is 10.9 Å². The van der Waals surface area contributed by atoms with Crippen LogP contribution in [0.4, 0.5) is 4.39 Å². The van der Waals surface area contributed by atoms with Gasteiger partial charge in [-0.15, -0.1) is 0 Å². The van der Waals surface area contributed by atoms with Crippen LogP contribution in [0.15, 0.2) is 18.3 Å². The molecule has 2 aromatic rings. The maximum absolute atomic E-state index is 13.4. The Bertz CT molecular complexity index is 525. The summed E-state index contributed by atoms with van der Waals surface area (Å²) in [4.78, 5) is 0. The van der Waals surface area contributed by atoms with Gasteiger partial charge in [-0.2, -0.15) is 5.10 Å². The van der Waals surface area contributed by atoms with Crippen LogP contribution in [0.25, 0.3) is 10.9 Å². The number of H-pyrrole nitrogens is 1. The van der Waals surface area contributed by atoms with E-state index in [9.17, 15) is 4.39 Å². The van der Waals surface area contributed by atoms with E-state index >= 15 is 0 Å². The summed E-state index contributed by atoms with van der Waals surface area (Å²) >= 11 is 0. The second-order valence-electron chi connectivity index (χ2n) is 5.88. The highest BCUT2D eigenvalue weighted by Crippen LogP contribution is 2.18. The average Bonchev–Trinajstić information content (AvgIpc) is 2.70. The van der Waals surface area contributed by atoms with Crippen LogP contribution in [0.1, 0.15) is 26.3 Å². The number of rotatable bonds is 4. The van der Waals surface area contributed by atoms with E-state index in [0.717, 1.165) is 36.0 Å². The molecule has 0 aliphatic carbocycles. The highest BCUT2D eigenvalue weighted by molar-refractivity contribution is 5.81. The monoisotopic (exact) mass is 249 g/mol. The molecule has 0 aliphatic rings. The van der Waals surface area contributed by atoms with Gasteiger partial charge in [-0.25, -0.2) is 4.39 Å². The maximum Gasteiger partial charge on any atom is 0.125 e. The summed E-state index contributed by atoms with van der Waals surface area (Å²) in [6, 6.07) is 3.07. The van der Waals surface area contributed by atoms with Gasteiger partial charge in [0.25, 0.3) is 0 Å². The topological polar surface area (TPSA) is 40.7 Å². The minimum atomic E-state index is -0.211. The Labute approximate surface area is 107 Å². The Morgan fingerprint density at radius 3 is 2.83 bits per heavy atom. The normalized spacial score (nSPS) is 12.2. The zero-order valence-corrected chi connectivity index (χ0v) is 11.2. The summed E-state index contributed by atoms with van der Waals surface area (Å²) < 4.78 is 13.4. The summed E-state index contributed by atoms with van der Waals surface area (Å²) in [7, 11) is 0. The van der Waals surface area contributed by atoms with Gasteiger partial charge in [0, 0.05) is 11.9 Å². The molecule has 0 saturated carbocycles. The Morgan fingerprint density at radius 1 is 1.33 bits per heavy atom. The van der Waals surface area contributed by atoms with E-state index in [-0.39, 0.29) is 11.2 Å². The SMILES string of the molecule is CC(C)(C)CNCCc1cc(F)cc2[nH]ncc12. The van der Waals surface area contributed by atoms with Crippen LogP contribution in [0.5, 0.6) is 0 Å². The third kappa shape index (κ3) is 3.29. The third-order valence-corrected chi connectivity index (χ3v) is 2.84.